The molecule has 19 heavy (non-hydrogen) atoms. The minimum absolute atomic E-state index is 0.261. The quantitative estimate of drug-likeness (QED) is 0.274. The van der Waals surface area contributed by atoms with Gasteiger partial charge < -0.3 is 4.79 Å². The van der Waals surface area contributed by atoms with Gasteiger partial charge in [-0.3, -0.25) is 0 Å². The molecule has 0 spiro atoms. The molecule has 0 amide bonds. The Bertz CT molecular complexity index is 188. The molecule has 0 heterocycles. The average molecular weight is 267 g/mol. The van der Waals surface area contributed by atoms with Crippen LogP contribution in [0, 0.1) is 11.8 Å². The van der Waals surface area contributed by atoms with Crippen LogP contribution in [0.25, 0.3) is 0 Å². The predicted octanol–water partition coefficient (Wildman–Crippen LogP) is 6.12. The van der Waals surface area contributed by atoms with Crippen LogP contribution < -0.4 is 0 Å². The summed E-state index contributed by atoms with van der Waals surface area (Å²) < 4.78 is 0. The molecule has 0 aromatic heterocycles. The number of hydrogen-bond acceptors (Lipinski definition) is 1. The third-order valence-electron chi connectivity index (χ3n) is 3.95. The lowest BCUT2D eigenvalue weighted by Gasteiger charge is -2.10. The van der Waals surface area contributed by atoms with Crippen molar-refractivity contribution < 1.29 is 4.79 Å². The number of aldehydes is 1. The summed E-state index contributed by atoms with van der Waals surface area (Å²) in [7, 11) is 0. The number of unbranched alkanes of at least 4 members (excludes halogenated alkanes) is 7. The Hall–Kier alpha value is -0.330. The van der Waals surface area contributed by atoms with Crippen molar-refractivity contribution in [2.75, 3.05) is 0 Å². The summed E-state index contributed by atoms with van der Waals surface area (Å²) >= 11 is 0. The van der Waals surface area contributed by atoms with Crippen LogP contribution in [0.1, 0.15) is 97.8 Å². The Morgan fingerprint density at radius 1 is 0.895 bits per heavy atom. The lowest BCUT2D eigenvalue weighted by molar-refractivity contribution is -0.110. The maximum atomic E-state index is 10.5. The van der Waals surface area contributed by atoms with Crippen molar-refractivity contribution >= 4 is 6.29 Å². The first-order chi connectivity index (χ1) is 9.20. The smallest absolute Gasteiger partial charge is 0.122 e. The van der Waals surface area contributed by atoms with Gasteiger partial charge in [0, 0.05) is 5.92 Å². The summed E-state index contributed by atoms with van der Waals surface area (Å²) in [5, 5.41) is 0. The van der Waals surface area contributed by atoms with E-state index in [0.717, 1.165) is 12.7 Å². The summed E-state index contributed by atoms with van der Waals surface area (Å²) in [5.74, 6) is 1.95. The van der Waals surface area contributed by atoms with Crippen LogP contribution in [0.2, 0.25) is 0 Å². The van der Waals surface area contributed by atoms with Crippen molar-refractivity contribution in [2.24, 2.45) is 5.92 Å². The molecule has 0 bridgehead atoms. The molecule has 1 unspecified atom stereocenters. The van der Waals surface area contributed by atoms with Crippen molar-refractivity contribution in [1.29, 1.82) is 0 Å². The van der Waals surface area contributed by atoms with Gasteiger partial charge in [-0.2, -0.15) is 0 Å². The summed E-state index contributed by atoms with van der Waals surface area (Å²) in [6.45, 7) is 6.62. The molecule has 0 fully saturated rings. The number of carbonyl (C=O) groups is 1. The van der Waals surface area contributed by atoms with Crippen LogP contribution in [0.3, 0.4) is 0 Å². The zero-order valence-corrected chi connectivity index (χ0v) is 13.5. The Labute approximate surface area is 121 Å². The van der Waals surface area contributed by atoms with E-state index in [4.69, 9.17) is 0 Å². The molecule has 0 aromatic rings. The van der Waals surface area contributed by atoms with Gasteiger partial charge in [-0.25, -0.2) is 0 Å². The Morgan fingerprint density at radius 2 is 1.42 bits per heavy atom. The zero-order valence-electron chi connectivity index (χ0n) is 13.5. The van der Waals surface area contributed by atoms with E-state index < -0.39 is 0 Å². The van der Waals surface area contributed by atoms with Crippen molar-refractivity contribution in [3.8, 4) is 0 Å². The molecule has 1 heteroatoms. The largest absolute Gasteiger partial charge is 0.303 e. The monoisotopic (exact) mass is 267 g/mol. The van der Waals surface area contributed by atoms with E-state index in [1.54, 1.807) is 5.92 Å². The van der Waals surface area contributed by atoms with Gasteiger partial charge in [-0.05, 0) is 25.2 Å². The van der Waals surface area contributed by atoms with Gasteiger partial charge in [0.05, 0.1) is 0 Å². The first-order valence-electron chi connectivity index (χ1n) is 8.47. The van der Waals surface area contributed by atoms with Crippen LogP contribution in [-0.4, -0.2) is 6.29 Å². The van der Waals surface area contributed by atoms with Gasteiger partial charge in [0.2, 0.25) is 0 Å². The number of hydrogen-bond donors (Lipinski definition) is 0. The normalized spacial score (nSPS) is 12.8. The summed E-state index contributed by atoms with van der Waals surface area (Å²) in [4.78, 5) is 10.5. The molecule has 1 radical (unpaired) electrons. The summed E-state index contributed by atoms with van der Waals surface area (Å²) in [5.41, 5.74) is 0. The molecule has 0 aliphatic heterocycles. The SMILES string of the molecule is CCCCCCC[C](C)CCCCCCC(C)C=O. The van der Waals surface area contributed by atoms with Crippen molar-refractivity contribution in [3.63, 3.8) is 0 Å². The van der Waals surface area contributed by atoms with E-state index >= 15 is 0 Å². The molecule has 0 saturated heterocycles. The standard InChI is InChI=1S/C18H35O/c1-4-5-6-7-10-13-17(2)14-11-8-9-12-15-18(3)16-19/h16,18H,4-15H2,1-3H3. The summed E-state index contributed by atoms with van der Waals surface area (Å²) in [6.07, 6.45) is 17.0. The fourth-order valence-corrected chi connectivity index (χ4v) is 2.47. The second-order valence-corrected chi connectivity index (χ2v) is 6.19. The van der Waals surface area contributed by atoms with E-state index in [-0.39, 0.29) is 5.92 Å². The molecular formula is C18H35O. The zero-order chi connectivity index (χ0) is 14.3. The fraction of sp³-hybridized carbons (Fsp3) is 0.889. The Kier molecular flexibility index (Phi) is 13.8. The third-order valence-corrected chi connectivity index (χ3v) is 3.95. The van der Waals surface area contributed by atoms with E-state index in [2.05, 4.69) is 13.8 Å². The molecule has 0 aliphatic rings. The highest BCUT2D eigenvalue weighted by molar-refractivity contribution is 5.52. The molecule has 0 N–H and O–H groups in total. The van der Waals surface area contributed by atoms with Crippen LogP contribution in [0.5, 0.6) is 0 Å². The third kappa shape index (κ3) is 13.9. The van der Waals surface area contributed by atoms with E-state index in [1.165, 1.54) is 70.6 Å². The van der Waals surface area contributed by atoms with Crippen LogP contribution >= 0.6 is 0 Å². The Balaban J connectivity index is 3.20. The predicted molar refractivity (Wildman–Crippen MR) is 85.2 cm³/mol. The minimum atomic E-state index is 0.261. The number of rotatable bonds is 14. The van der Waals surface area contributed by atoms with E-state index in [9.17, 15) is 4.79 Å². The van der Waals surface area contributed by atoms with Crippen LogP contribution in [0.15, 0.2) is 0 Å². The van der Waals surface area contributed by atoms with Crippen molar-refractivity contribution in [1.82, 2.24) is 0 Å². The number of carbonyl (C=O) groups excluding carboxylic acids is 1. The first kappa shape index (κ1) is 18.7. The molecule has 0 rings (SSSR count). The van der Waals surface area contributed by atoms with Gasteiger partial charge in [0.25, 0.3) is 0 Å². The maximum absolute atomic E-state index is 10.5. The van der Waals surface area contributed by atoms with Gasteiger partial charge >= 0.3 is 0 Å². The topological polar surface area (TPSA) is 17.1 Å². The summed E-state index contributed by atoms with van der Waals surface area (Å²) in [6, 6.07) is 0. The molecule has 1 atom stereocenters. The lowest BCUT2D eigenvalue weighted by atomic mass is 9.95. The second kappa shape index (κ2) is 14.1. The van der Waals surface area contributed by atoms with E-state index in [0.29, 0.717) is 0 Å². The van der Waals surface area contributed by atoms with Crippen molar-refractivity contribution in [3.05, 3.63) is 5.92 Å². The lowest BCUT2D eigenvalue weighted by Crippen LogP contribution is -1.96. The van der Waals surface area contributed by atoms with Crippen molar-refractivity contribution in [2.45, 2.75) is 97.8 Å². The molecule has 0 saturated carbocycles. The fourth-order valence-electron chi connectivity index (χ4n) is 2.47. The van der Waals surface area contributed by atoms with Gasteiger partial charge in [0.1, 0.15) is 6.29 Å². The average Bonchev–Trinajstić information content (AvgIpc) is 2.42. The van der Waals surface area contributed by atoms with Gasteiger partial charge in [-0.15, -0.1) is 0 Å². The van der Waals surface area contributed by atoms with E-state index in [1.807, 2.05) is 6.92 Å². The van der Waals surface area contributed by atoms with Crippen LogP contribution in [0.4, 0.5) is 0 Å². The highest BCUT2D eigenvalue weighted by atomic mass is 16.1. The van der Waals surface area contributed by atoms with Gasteiger partial charge in [-0.1, -0.05) is 78.6 Å². The minimum Gasteiger partial charge on any atom is -0.303 e. The Morgan fingerprint density at radius 3 is 1.95 bits per heavy atom. The van der Waals surface area contributed by atoms with Gasteiger partial charge in [0.15, 0.2) is 0 Å². The second-order valence-electron chi connectivity index (χ2n) is 6.19. The first-order valence-corrected chi connectivity index (χ1v) is 8.47. The molecule has 1 nitrogen and oxygen atoms in total. The highest BCUT2D eigenvalue weighted by Crippen LogP contribution is 2.20. The molecule has 0 aliphatic carbocycles. The highest BCUT2D eigenvalue weighted by Gasteiger charge is 2.03. The molecular weight excluding hydrogens is 232 g/mol. The molecule has 113 valence electrons. The molecule has 0 aromatic carbocycles. The maximum Gasteiger partial charge on any atom is 0.122 e. The van der Waals surface area contributed by atoms with Crippen LogP contribution in [-0.2, 0) is 4.79 Å².